The van der Waals surface area contributed by atoms with Crippen molar-refractivity contribution < 1.29 is 19.0 Å². The molecule has 138 valence electrons. The average molecular weight is 388 g/mol. The Kier molecular flexibility index (Phi) is 5.31. The maximum absolute atomic E-state index is 11.0. The van der Waals surface area contributed by atoms with E-state index in [-0.39, 0.29) is 11.0 Å². The molecule has 0 unspecified atom stereocenters. The summed E-state index contributed by atoms with van der Waals surface area (Å²) in [6, 6.07) is 10.8. The summed E-state index contributed by atoms with van der Waals surface area (Å²) in [4.78, 5) is 20.3. The Morgan fingerprint density at radius 1 is 1.04 bits per heavy atom. The smallest absolute Gasteiger partial charge is 0.346 e. The number of nitro groups is 2. The van der Waals surface area contributed by atoms with E-state index in [9.17, 15) is 20.2 Å². The van der Waals surface area contributed by atoms with Crippen LogP contribution in [0.25, 0.3) is 11.5 Å². The van der Waals surface area contributed by atoms with Gasteiger partial charge >= 0.3 is 11.4 Å². The van der Waals surface area contributed by atoms with Crippen LogP contribution in [0.15, 0.2) is 52.1 Å². The summed E-state index contributed by atoms with van der Waals surface area (Å²) in [5, 5.41) is 30.0. The third-order valence-electron chi connectivity index (χ3n) is 3.54. The first kappa shape index (κ1) is 18.3. The molecule has 0 radical (unpaired) electrons. The summed E-state index contributed by atoms with van der Waals surface area (Å²) < 4.78 is 10.6. The molecule has 0 saturated heterocycles. The number of hydrogen-bond donors (Lipinski definition) is 0. The van der Waals surface area contributed by atoms with Crippen molar-refractivity contribution in [2.45, 2.75) is 11.0 Å². The number of nitro benzene ring substituents is 2. The molecule has 10 nitrogen and oxygen atoms in total. The zero-order chi connectivity index (χ0) is 19.4. The lowest BCUT2D eigenvalue weighted by Gasteiger charge is -2.00. The van der Waals surface area contributed by atoms with Crippen molar-refractivity contribution in [2.75, 3.05) is 7.11 Å². The van der Waals surface area contributed by atoms with E-state index in [1.807, 2.05) is 0 Å². The second-order valence-corrected chi connectivity index (χ2v) is 6.15. The van der Waals surface area contributed by atoms with Gasteiger partial charge in [-0.05, 0) is 29.8 Å². The van der Waals surface area contributed by atoms with Crippen molar-refractivity contribution in [1.82, 2.24) is 10.2 Å². The van der Waals surface area contributed by atoms with Gasteiger partial charge in [0.2, 0.25) is 5.89 Å². The molecule has 0 fully saturated rings. The van der Waals surface area contributed by atoms with Gasteiger partial charge in [-0.25, -0.2) is 0 Å². The fraction of sp³-hybridized carbons (Fsp3) is 0.125. The summed E-state index contributed by atoms with van der Waals surface area (Å²) >= 11 is 1.17. The number of rotatable bonds is 7. The van der Waals surface area contributed by atoms with Crippen molar-refractivity contribution in [3.8, 4) is 17.2 Å². The van der Waals surface area contributed by atoms with Gasteiger partial charge in [0.25, 0.3) is 5.22 Å². The van der Waals surface area contributed by atoms with E-state index in [1.54, 1.807) is 31.4 Å². The molecule has 1 aromatic heterocycles. The number of nitrogens with zero attached hydrogens (tertiary/aromatic N) is 4. The van der Waals surface area contributed by atoms with E-state index in [4.69, 9.17) is 9.15 Å². The molecule has 2 aromatic carbocycles. The molecule has 0 aliphatic rings. The van der Waals surface area contributed by atoms with Gasteiger partial charge in [0.05, 0.1) is 17.0 Å². The highest BCUT2D eigenvalue weighted by Gasteiger charge is 2.24. The predicted octanol–water partition coefficient (Wildman–Crippen LogP) is 3.85. The van der Waals surface area contributed by atoms with E-state index >= 15 is 0 Å². The molecule has 3 rings (SSSR count). The first-order valence-electron chi connectivity index (χ1n) is 7.50. The highest BCUT2D eigenvalue weighted by molar-refractivity contribution is 7.98. The number of thioether (sulfide) groups is 1. The van der Waals surface area contributed by atoms with Crippen LogP contribution in [0, 0.1) is 20.2 Å². The molecule has 0 aliphatic heterocycles. The van der Waals surface area contributed by atoms with Crippen molar-refractivity contribution in [2.24, 2.45) is 0 Å². The molecular formula is C16H12N4O6S. The standard InChI is InChI=1S/C16H12N4O6S/c1-25-12-5-3-11(4-6-12)15-17-18-16(26-15)27-9-10-2-7-13(19(21)22)14(8-10)20(23)24/h2-8H,9H2,1H3. The average Bonchev–Trinajstić information content (AvgIpc) is 3.15. The van der Waals surface area contributed by atoms with Gasteiger partial charge in [-0.1, -0.05) is 17.8 Å². The predicted molar refractivity (Wildman–Crippen MR) is 95.6 cm³/mol. The Morgan fingerprint density at radius 2 is 1.74 bits per heavy atom. The topological polar surface area (TPSA) is 134 Å². The van der Waals surface area contributed by atoms with Crippen molar-refractivity contribution in [1.29, 1.82) is 0 Å². The normalized spacial score (nSPS) is 10.6. The van der Waals surface area contributed by atoms with Crippen LogP contribution in [0.4, 0.5) is 11.4 Å². The molecule has 1 heterocycles. The third-order valence-corrected chi connectivity index (χ3v) is 4.43. The van der Waals surface area contributed by atoms with E-state index in [2.05, 4.69) is 10.2 Å². The molecule has 11 heteroatoms. The lowest BCUT2D eigenvalue weighted by atomic mass is 10.2. The Hall–Kier alpha value is -3.47. The van der Waals surface area contributed by atoms with E-state index < -0.39 is 21.2 Å². The molecule has 0 bridgehead atoms. The van der Waals surface area contributed by atoms with Crippen molar-refractivity contribution in [3.05, 3.63) is 68.3 Å². The summed E-state index contributed by atoms with van der Waals surface area (Å²) in [6.45, 7) is 0. The molecule has 0 atom stereocenters. The van der Waals surface area contributed by atoms with Crippen molar-refractivity contribution in [3.63, 3.8) is 0 Å². The number of aromatic nitrogens is 2. The lowest BCUT2D eigenvalue weighted by molar-refractivity contribution is -0.422. The van der Waals surface area contributed by atoms with Gasteiger partial charge in [0, 0.05) is 23.4 Å². The fourth-order valence-electron chi connectivity index (χ4n) is 2.22. The number of hydrogen-bond acceptors (Lipinski definition) is 9. The van der Waals surface area contributed by atoms with Gasteiger partial charge < -0.3 is 9.15 Å². The number of benzene rings is 2. The first-order chi connectivity index (χ1) is 13.0. The minimum Gasteiger partial charge on any atom is -0.497 e. The molecule has 0 saturated carbocycles. The van der Waals surface area contributed by atoms with Crippen LogP contribution in [-0.2, 0) is 5.75 Å². The zero-order valence-electron chi connectivity index (χ0n) is 13.9. The maximum Gasteiger partial charge on any atom is 0.346 e. The second kappa shape index (κ2) is 7.83. The fourth-order valence-corrected chi connectivity index (χ4v) is 2.93. The van der Waals surface area contributed by atoms with Gasteiger partial charge in [0.15, 0.2) is 0 Å². The van der Waals surface area contributed by atoms with Crippen LogP contribution in [0.3, 0.4) is 0 Å². The van der Waals surface area contributed by atoms with Crippen LogP contribution in [0.2, 0.25) is 0 Å². The van der Waals surface area contributed by atoms with Crippen LogP contribution in [-0.4, -0.2) is 27.2 Å². The zero-order valence-corrected chi connectivity index (χ0v) is 14.7. The minimum absolute atomic E-state index is 0.279. The molecule has 0 amide bonds. The molecule has 0 N–H and O–H groups in total. The van der Waals surface area contributed by atoms with Gasteiger partial charge in [-0.2, -0.15) is 0 Å². The van der Waals surface area contributed by atoms with Crippen LogP contribution < -0.4 is 4.74 Å². The second-order valence-electron chi connectivity index (χ2n) is 5.23. The summed E-state index contributed by atoms with van der Waals surface area (Å²) in [5.41, 5.74) is 0.151. The number of ether oxygens (including phenoxy) is 1. The first-order valence-corrected chi connectivity index (χ1v) is 8.49. The Balaban J connectivity index is 1.72. The highest BCUT2D eigenvalue weighted by atomic mass is 32.2. The minimum atomic E-state index is -0.784. The Morgan fingerprint density at radius 3 is 2.37 bits per heavy atom. The third kappa shape index (κ3) is 4.20. The highest BCUT2D eigenvalue weighted by Crippen LogP contribution is 2.31. The van der Waals surface area contributed by atoms with Crippen LogP contribution >= 0.6 is 11.8 Å². The lowest BCUT2D eigenvalue weighted by Crippen LogP contribution is -1.97. The molecule has 3 aromatic rings. The monoisotopic (exact) mass is 388 g/mol. The molecular weight excluding hydrogens is 376 g/mol. The largest absolute Gasteiger partial charge is 0.497 e. The van der Waals surface area contributed by atoms with E-state index in [0.29, 0.717) is 17.2 Å². The van der Waals surface area contributed by atoms with Gasteiger partial charge in [-0.3, -0.25) is 20.2 Å². The number of methoxy groups -OCH3 is 1. The Labute approximate surface area is 156 Å². The summed E-state index contributed by atoms with van der Waals surface area (Å²) in [7, 11) is 1.57. The summed E-state index contributed by atoms with van der Waals surface area (Å²) in [5.74, 6) is 1.31. The molecule has 0 spiro atoms. The van der Waals surface area contributed by atoms with Gasteiger partial charge in [0.1, 0.15) is 5.75 Å². The van der Waals surface area contributed by atoms with Gasteiger partial charge in [-0.15, -0.1) is 10.2 Å². The maximum atomic E-state index is 11.0. The van der Waals surface area contributed by atoms with E-state index in [1.165, 1.54) is 23.9 Å². The summed E-state index contributed by atoms with van der Waals surface area (Å²) in [6.07, 6.45) is 0. The van der Waals surface area contributed by atoms with Crippen LogP contribution in [0.5, 0.6) is 5.75 Å². The van der Waals surface area contributed by atoms with Crippen LogP contribution in [0.1, 0.15) is 5.56 Å². The quantitative estimate of drug-likeness (QED) is 0.336. The van der Waals surface area contributed by atoms with E-state index in [0.717, 1.165) is 11.6 Å². The van der Waals surface area contributed by atoms with Crippen molar-refractivity contribution >= 4 is 23.1 Å². The molecule has 0 aliphatic carbocycles. The SMILES string of the molecule is COc1ccc(-c2nnc(SCc3ccc([N+](=O)[O-])c([N+](=O)[O-])c3)o2)cc1. The Bertz CT molecular complexity index is 989. The molecule has 27 heavy (non-hydrogen) atoms.